The molecule has 0 amide bonds. The summed E-state index contributed by atoms with van der Waals surface area (Å²) in [6.07, 6.45) is 12.9. The Morgan fingerprint density at radius 2 is 1.06 bits per heavy atom. The molecule has 270 valence electrons. The Balaban J connectivity index is 1.25. The highest BCUT2D eigenvalue weighted by atomic mass is 16.6. The smallest absolute Gasteiger partial charge is 0.270 e. The van der Waals surface area contributed by atoms with Gasteiger partial charge in [0.25, 0.3) is 11.4 Å². The van der Waals surface area contributed by atoms with E-state index in [9.17, 15) is 25.0 Å². The van der Waals surface area contributed by atoms with Gasteiger partial charge in [0.15, 0.2) is 5.78 Å². The average Bonchev–Trinajstić information content (AvgIpc) is 3.73. The molecule has 5 aliphatic rings. The van der Waals surface area contributed by atoms with E-state index in [1.807, 2.05) is 12.1 Å². The average molecular weight is 705 g/mol. The molecule has 0 atom stereocenters. The summed E-state index contributed by atoms with van der Waals surface area (Å²) in [5, 5.41) is 22.9. The molecule has 3 aliphatic carbocycles. The van der Waals surface area contributed by atoms with Crippen LogP contribution in [0.2, 0.25) is 0 Å². The van der Waals surface area contributed by atoms with Gasteiger partial charge in [-0.1, -0.05) is 31.2 Å². The molecule has 7 rings (SSSR count). The number of nitrogens with zero attached hydrogens (tertiary/aromatic N) is 4. The van der Waals surface area contributed by atoms with Crippen LogP contribution in [0, 0.1) is 26.1 Å². The molecule has 11 nitrogen and oxygen atoms in total. The van der Waals surface area contributed by atoms with E-state index >= 15 is 0 Å². The van der Waals surface area contributed by atoms with Crippen LogP contribution in [0.25, 0.3) is 12.2 Å². The predicted octanol–water partition coefficient (Wildman–Crippen LogP) is 7.58. The number of non-ortho nitro benzene ring substituents is 2. The van der Waals surface area contributed by atoms with Gasteiger partial charge in [-0.05, 0) is 102 Å². The van der Waals surface area contributed by atoms with Gasteiger partial charge in [-0.25, -0.2) is 0 Å². The SMILES string of the molecule is CC1C/C(=C\C2=C(N3CCOCC3)C(=C/c3cccc([N+](=O)[O-])c3)/CC2)C(=O)/C(=C/C2=C(N3CCOCC3)C(=C/c3cccc([N+](=O)[O-])c3)/CC2)C1. The van der Waals surface area contributed by atoms with Gasteiger partial charge < -0.3 is 19.3 Å². The molecule has 3 fully saturated rings. The summed E-state index contributed by atoms with van der Waals surface area (Å²) in [5.41, 5.74) is 10.1. The van der Waals surface area contributed by atoms with Gasteiger partial charge in [0, 0.05) is 73.0 Å². The summed E-state index contributed by atoms with van der Waals surface area (Å²) in [7, 11) is 0. The second-order valence-corrected chi connectivity index (χ2v) is 14.2. The van der Waals surface area contributed by atoms with Crippen LogP contribution in [0.15, 0.2) is 106 Å². The summed E-state index contributed by atoms with van der Waals surface area (Å²) >= 11 is 0. The van der Waals surface area contributed by atoms with Crippen molar-refractivity contribution in [2.45, 2.75) is 45.4 Å². The first kappa shape index (κ1) is 35.3. The number of morpholine rings is 2. The van der Waals surface area contributed by atoms with E-state index < -0.39 is 0 Å². The van der Waals surface area contributed by atoms with Crippen molar-refractivity contribution >= 4 is 29.3 Å². The maximum Gasteiger partial charge on any atom is 0.270 e. The number of ether oxygens (including phenoxy) is 2. The molecule has 0 aromatic heterocycles. The van der Waals surface area contributed by atoms with E-state index in [1.54, 1.807) is 24.3 Å². The van der Waals surface area contributed by atoms with Gasteiger partial charge >= 0.3 is 0 Å². The lowest BCUT2D eigenvalue weighted by Gasteiger charge is -2.32. The molecule has 0 radical (unpaired) electrons. The molecule has 0 unspecified atom stereocenters. The molecule has 2 heterocycles. The quantitative estimate of drug-likeness (QED) is 0.155. The maximum atomic E-state index is 14.4. The molecular formula is C41H44N4O7. The summed E-state index contributed by atoms with van der Waals surface area (Å²) in [4.78, 5) is 41.2. The third-order valence-electron chi connectivity index (χ3n) is 10.5. The van der Waals surface area contributed by atoms with Crippen molar-refractivity contribution in [2.75, 3.05) is 52.6 Å². The van der Waals surface area contributed by atoms with Crippen LogP contribution < -0.4 is 0 Å². The standard InChI is InChI=1S/C41H44N4O7/c1-28-20-35(26-33-10-8-31(39(33)42-12-16-51-17-13-42)22-29-4-2-6-37(24-29)44(47)48)41(46)36(21-28)27-34-11-9-32(40(34)43-14-18-52-19-15-43)23-30-5-3-7-38(25-30)45(49)50/h2-7,22-28H,8-21H2,1H3/b31-22+,32-23+,35-26+,36-27+. The minimum Gasteiger partial charge on any atom is -0.378 e. The first-order chi connectivity index (χ1) is 25.2. The Hall–Kier alpha value is -5.13. The van der Waals surface area contributed by atoms with E-state index in [1.165, 1.54) is 12.1 Å². The fourth-order valence-corrected chi connectivity index (χ4v) is 8.12. The predicted molar refractivity (Wildman–Crippen MR) is 199 cm³/mol. The number of hydrogen-bond donors (Lipinski definition) is 0. The Kier molecular flexibility index (Phi) is 10.6. The second kappa shape index (κ2) is 15.6. The molecular weight excluding hydrogens is 660 g/mol. The molecule has 2 aliphatic heterocycles. The van der Waals surface area contributed by atoms with Crippen molar-refractivity contribution in [3.63, 3.8) is 0 Å². The van der Waals surface area contributed by atoms with Gasteiger partial charge in [-0.3, -0.25) is 25.0 Å². The molecule has 2 aromatic rings. The number of nitro groups is 2. The van der Waals surface area contributed by atoms with Crippen molar-refractivity contribution in [3.8, 4) is 0 Å². The van der Waals surface area contributed by atoms with E-state index in [4.69, 9.17) is 9.47 Å². The van der Waals surface area contributed by atoms with Crippen LogP contribution in [0.5, 0.6) is 0 Å². The molecule has 52 heavy (non-hydrogen) atoms. The van der Waals surface area contributed by atoms with Gasteiger partial charge in [-0.2, -0.15) is 0 Å². The van der Waals surface area contributed by atoms with Crippen molar-refractivity contribution in [1.29, 1.82) is 0 Å². The molecule has 1 saturated carbocycles. The fraction of sp³-hybridized carbons (Fsp3) is 0.390. The van der Waals surface area contributed by atoms with Gasteiger partial charge in [0.05, 0.1) is 36.3 Å². The summed E-state index contributed by atoms with van der Waals surface area (Å²) in [6, 6.07) is 13.4. The minimum absolute atomic E-state index is 0.0634. The zero-order valence-corrected chi connectivity index (χ0v) is 29.6. The lowest BCUT2D eigenvalue weighted by molar-refractivity contribution is -0.385. The molecule has 2 saturated heterocycles. The number of allylic oxidation sites excluding steroid dienone is 8. The molecule has 0 N–H and O–H groups in total. The third kappa shape index (κ3) is 7.85. The maximum absolute atomic E-state index is 14.4. The number of nitro benzene ring substituents is 2. The first-order valence-corrected chi connectivity index (χ1v) is 18.2. The van der Waals surface area contributed by atoms with Crippen LogP contribution >= 0.6 is 0 Å². The van der Waals surface area contributed by atoms with Crippen LogP contribution in [0.4, 0.5) is 11.4 Å². The Labute approximate surface area is 303 Å². The van der Waals surface area contributed by atoms with E-state index in [0.29, 0.717) is 39.3 Å². The highest BCUT2D eigenvalue weighted by Crippen LogP contribution is 2.41. The van der Waals surface area contributed by atoms with Gasteiger partial charge in [0.2, 0.25) is 0 Å². The minimum atomic E-state index is -0.369. The number of Topliss-reactive ketones (excluding diaryl/α,β-unsaturated/α-hetero) is 1. The van der Waals surface area contributed by atoms with Crippen molar-refractivity contribution in [2.24, 2.45) is 5.92 Å². The summed E-state index contributed by atoms with van der Waals surface area (Å²) in [6.45, 7) is 7.67. The Morgan fingerprint density at radius 3 is 1.46 bits per heavy atom. The van der Waals surface area contributed by atoms with Gasteiger partial charge in [-0.15, -0.1) is 0 Å². The van der Waals surface area contributed by atoms with Crippen LogP contribution in [-0.4, -0.2) is 78.0 Å². The lowest BCUT2D eigenvalue weighted by atomic mass is 9.80. The molecule has 0 bridgehead atoms. The normalized spacial score (nSPS) is 24.6. The van der Waals surface area contributed by atoms with Crippen LogP contribution in [-0.2, 0) is 14.3 Å². The number of ketones is 1. The summed E-state index contributed by atoms with van der Waals surface area (Å²) < 4.78 is 11.4. The second-order valence-electron chi connectivity index (χ2n) is 14.2. The third-order valence-corrected chi connectivity index (χ3v) is 10.5. The van der Waals surface area contributed by atoms with Crippen molar-refractivity contribution < 1.29 is 24.1 Å². The number of carbonyl (C=O) groups is 1. The monoisotopic (exact) mass is 704 g/mol. The topological polar surface area (TPSA) is 128 Å². The number of benzene rings is 2. The molecule has 11 heteroatoms. The summed E-state index contributed by atoms with van der Waals surface area (Å²) in [5.74, 6) is 0.380. The van der Waals surface area contributed by atoms with Crippen molar-refractivity contribution in [1.82, 2.24) is 9.80 Å². The molecule has 0 spiro atoms. The lowest BCUT2D eigenvalue weighted by Crippen LogP contribution is -2.36. The van der Waals surface area contributed by atoms with E-state index in [0.717, 1.165) is 108 Å². The van der Waals surface area contributed by atoms with Gasteiger partial charge in [0.1, 0.15) is 0 Å². The number of rotatable bonds is 8. The Bertz CT molecular complexity index is 1820. The zero-order valence-electron chi connectivity index (χ0n) is 29.6. The van der Waals surface area contributed by atoms with Crippen LogP contribution in [0.1, 0.15) is 56.6 Å². The zero-order chi connectivity index (χ0) is 36.2. The Morgan fingerprint density at radius 1 is 0.635 bits per heavy atom. The van der Waals surface area contributed by atoms with Crippen molar-refractivity contribution in [3.05, 3.63) is 137 Å². The fourth-order valence-electron chi connectivity index (χ4n) is 8.12. The van der Waals surface area contributed by atoms with E-state index in [2.05, 4.69) is 41.0 Å². The highest BCUT2D eigenvalue weighted by molar-refractivity contribution is 6.09. The largest absolute Gasteiger partial charge is 0.378 e. The number of carbonyl (C=O) groups excluding carboxylic acids is 1. The number of hydrogen-bond acceptors (Lipinski definition) is 9. The van der Waals surface area contributed by atoms with E-state index in [-0.39, 0.29) is 32.9 Å². The molecule has 2 aromatic carbocycles. The highest BCUT2D eigenvalue weighted by Gasteiger charge is 2.31. The first-order valence-electron chi connectivity index (χ1n) is 18.2. The van der Waals surface area contributed by atoms with Crippen LogP contribution in [0.3, 0.4) is 0 Å².